The highest BCUT2D eigenvalue weighted by atomic mass is 35.5. The molecule has 1 aromatic carbocycles. The number of aromatic nitrogens is 1. The Bertz CT molecular complexity index is 1000. The van der Waals surface area contributed by atoms with E-state index in [1.54, 1.807) is 17.0 Å². The summed E-state index contributed by atoms with van der Waals surface area (Å²) in [5.41, 5.74) is 2.76. The lowest BCUT2D eigenvalue weighted by molar-refractivity contribution is 0.0646. The Labute approximate surface area is 193 Å². The molecule has 1 unspecified atom stereocenters. The smallest absolute Gasteiger partial charge is 0.257 e. The summed E-state index contributed by atoms with van der Waals surface area (Å²) >= 11 is 5.78. The van der Waals surface area contributed by atoms with Crippen molar-refractivity contribution in [1.82, 2.24) is 9.88 Å². The van der Waals surface area contributed by atoms with Gasteiger partial charge in [-0.05, 0) is 62.9 Å². The number of rotatable bonds is 9. The molecular weight excluding hydrogens is 431 g/mol. The number of benzene rings is 1. The van der Waals surface area contributed by atoms with E-state index in [9.17, 15) is 19.2 Å². The van der Waals surface area contributed by atoms with E-state index >= 15 is 0 Å². The summed E-state index contributed by atoms with van der Waals surface area (Å²) < 4.78 is 12.9. The molecule has 6 nitrogen and oxygen atoms in total. The SMILES string of the molecule is CC[C@H](C#N)C(C)N(CCCF)C(=O)c1cc(NC(=O)c2ccc(Cl)nc2)c(C)cc1C. The Morgan fingerprint density at radius 3 is 2.56 bits per heavy atom. The van der Waals surface area contributed by atoms with Crippen molar-refractivity contribution in [2.24, 2.45) is 5.92 Å². The Kier molecular flexibility index (Phi) is 9.15. The molecule has 1 heterocycles. The number of hydrogen-bond acceptors (Lipinski definition) is 4. The van der Waals surface area contributed by atoms with Crippen molar-refractivity contribution in [2.75, 3.05) is 18.5 Å². The van der Waals surface area contributed by atoms with Gasteiger partial charge in [-0.25, -0.2) is 4.98 Å². The molecule has 1 aromatic heterocycles. The summed E-state index contributed by atoms with van der Waals surface area (Å²) in [6.07, 6.45) is 2.15. The van der Waals surface area contributed by atoms with Crippen LogP contribution in [0.2, 0.25) is 5.15 Å². The number of pyridine rings is 1. The van der Waals surface area contributed by atoms with E-state index in [1.807, 2.05) is 33.8 Å². The fourth-order valence-corrected chi connectivity index (χ4v) is 3.67. The molecule has 1 N–H and O–H groups in total. The van der Waals surface area contributed by atoms with Gasteiger partial charge in [0.15, 0.2) is 0 Å². The summed E-state index contributed by atoms with van der Waals surface area (Å²) in [5.74, 6) is -1.03. The predicted octanol–water partition coefficient (Wildman–Crippen LogP) is 5.34. The monoisotopic (exact) mass is 458 g/mol. The van der Waals surface area contributed by atoms with Crippen LogP contribution in [0.5, 0.6) is 0 Å². The maximum absolute atomic E-state index is 13.5. The van der Waals surface area contributed by atoms with E-state index in [0.717, 1.165) is 11.1 Å². The number of carbonyl (C=O) groups excluding carboxylic acids is 2. The van der Waals surface area contributed by atoms with Gasteiger partial charge >= 0.3 is 0 Å². The number of nitrogens with zero attached hydrogens (tertiary/aromatic N) is 3. The van der Waals surface area contributed by atoms with Crippen LogP contribution < -0.4 is 5.32 Å². The van der Waals surface area contributed by atoms with Crippen molar-refractivity contribution in [1.29, 1.82) is 5.26 Å². The molecule has 2 rings (SSSR count). The average Bonchev–Trinajstić information content (AvgIpc) is 2.77. The highest BCUT2D eigenvalue weighted by Crippen LogP contribution is 2.25. The molecule has 0 radical (unpaired) electrons. The number of carbonyl (C=O) groups is 2. The Morgan fingerprint density at radius 2 is 2.00 bits per heavy atom. The summed E-state index contributed by atoms with van der Waals surface area (Å²) in [7, 11) is 0. The fourth-order valence-electron chi connectivity index (χ4n) is 3.55. The van der Waals surface area contributed by atoms with Crippen LogP contribution in [-0.4, -0.2) is 41.0 Å². The Balaban J connectivity index is 2.38. The van der Waals surface area contributed by atoms with Crippen LogP contribution >= 0.6 is 11.6 Å². The molecule has 2 atom stereocenters. The molecule has 2 amide bonds. The number of aryl methyl sites for hydroxylation is 2. The second-order valence-electron chi connectivity index (χ2n) is 7.73. The van der Waals surface area contributed by atoms with Crippen molar-refractivity contribution >= 4 is 29.1 Å². The van der Waals surface area contributed by atoms with Gasteiger partial charge in [-0.3, -0.25) is 14.0 Å². The fraction of sp³-hybridized carbons (Fsp3) is 0.417. The Hall–Kier alpha value is -2.98. The number of halogens is 2. The van der Waals surface area contributed by atoms with Crippen molar-refractivity contribution in [3.63, 3.8) is 0 Å². The quantitative estimate of drug-likeness (QED) is 0.513. The molecule has 0 saturated carbocycles. The minimum absolute atomic E-state index is 0.190. The van der Waals surface area contributed by atoms with Crippen LogP contribution in [-0.2, 0) is 0 Å². The van der Waals surface area contributed by atoms with Gasteiger partial charge in [0, 0.05) is 30.0 Å². The molecule has 32 heavy (non-hydrogen) atoms. The second kappa shape index (κ2) is 11.6. The molecule has 0 bridgehead atoms. The molecule has 2 aromatic rings. The van der Waals surface area contributed by atoms with E-state index in [1.165, 1.54) is 12.3 Å². The second-order valence-corrected chi connectivity index (χ2v) is 8.12. The zero-order chi connectivity index (χ0) is 23.8. The third-order valence-electron chi connectivity index (χ3n) is 5.51. The van der Waals surface area contributed by atoms with Gasteiger partial charge in [0.25, 0.3) is 11.8 Å². The normalized spacial score (nSPS) is 12.5. The van der Waals surface area contributed by atoms with E-state index in [-0.39, 0.29) is 41.9 Å². The summed E-state index contributed by atoms with van der Waals surface area (Å²) in [5, 5.41) is 12.6. The molecule has 0 aliphatic heterocycles. The molecule has 0 aliphatic rings. The number of nitriles is 1. The van der Waals surface area contributed by atoms with Crippen molar-refractivity contribution < 1.29 is 14.0 Å². The zero-order valence-electron chi connectivity index (χ0n) is 18.8. The first-order valence-corrected chi connectivity index (χ1v) is 10.9. The number of alkyl halides is 1. The highest BCUT2D eigenvalue weighted by molar-refractivity contribution is 6.29. The van der Waals surface area contributed by atoms with Crippen molar-refractivity contribution in [3.8, 4) is 6.07 Å². The largest absolute Gasteiger partial charge is 0.335 e. The minimum Gasteiger partial charge on any atom is -0.335 e. The predicted molar refractivity (Wildman–Crippen MR) is 124 cm³/mol. The van der Waals surface area contributed by atoms with Gasteiger partial charge in [-0.2, -0.15) is 5.26 Å². The van der Waals surface area contributed by atoms with Gasteiger partial charge < -0.3 is 10.2 Å². The number of anilines is 1. The highest BCUT2D eigenvalue weighted by Gasteiger charge is 2.28. The first-order chi connectivity index (χ1) is 15.2. The Morgan fingerprint density at radius 1 is 1.28 bits per heavy atom. The van der Waals surface area contributed by atoms with E-state index in [0.29, 0.717) is 23.2 Å². The van der Waals surface area contributed by atoms with Crippen LogP contribution in [0.4, 0.5) is 10.1 Å². The first-order valence-electron chi connectivity index (χ1n) is 10.5. The van der Waals surface area contributed by atoms with Crippen LogP contribution in [0.25, 0.3) is 0 Å². The molecule has 0 spiro atoms. The molecule has 170 valence electrons. The van der Waals surface area contributed by atoms with Crippen LogP contribution in [0, 0.1) is 31.1 Å². The molecule has 0 aliphatic carbocycles. The molecule has 8 heteroatoms. The summed E-state index contributed by atoms with van der Waals surface area (Å²) in [6.45, 7) is 7.01. The van der Waals surface area contributed by atoms with Gasteiger partial charge in [-0.15, -0.1) is 0 Å². The lowest BCUT2D eigenvalue weighted by Gasteiger charge is -2.32. The van der Waals surface area contributed by atoms with Crippen LogP contribution in [0.1, 0.15) is 58.5 Å². The number of amides is 2. The van der Waals surface area contributed by atoms with Gasteiger partial charge in [0.05, 0.1) is 24.2 Å². The van der Waals surface area contributed by atoms with Gasteiger partial charge in [-0.1, -0.05) is 24.6 Å². The topological polar surface area (TPSA) is 86.1 Å². The van der Waals surface area contributed by atoms with Crippen LogP contribution in [0.3, 0.4) is 0 Å². The summed E-state index contributed by atoms with van der Waals surface area (Å²) in [6, 6.07) is 8.41. The standard InChI is InChI=1S/C24H28ClFN4O2/c1-5-18(13-27)17(4)30(10-6-9-26)24(32)20-12-21(16(3)11-15(20)2)29-23(31)19-7-8-22(25)28-14-19/h7-8,11-12,14,17-18H,5-6,9-10H2,1-4H3,(H,29,31)/t17?,18-/m1/s1. The lowest BCUT2D eigenvalue weighted by Crippen LogP contribution is -2.43. The molecule has 0 saturated heterocycles. The van der Waals surface area contributed by atoms with Crippen molar-refractivity contribution in [2.45, 2.75) is 46.6 Å². The number of hydrogen-bond donors (Lipinski definition) is 1. The average molecular weight is 459 g/mol. The van der Waals surface area contributed by atoms with Gasteiger partial charge in [0.1, 0.15) is 5.15 Å². The first kappa shape index (κ1) is 25.3. The third-order valence-corrected chi connectivity index (χ3v) is 5.74. The van der Waals surface area contributed by atoms with E-state index in [4.69, 9.17) is 11.6 Å². The molecular formula is C24H28ClFN4O2. The van der Waals surface area contributed by atoms with Gasteiger partial charge in [0.2, 0.25) is 0 Å². The van der Waals surface area contributed by atoms with E-state index < -0.39 is 6.67 Å². The van der Waals surface area contributed by atoms with Crippen LogP contribution in [0.15, 0.2) is 30.5 Å². The zero-order valence-corrected chi connectivity index (χ0v) is 19.5. The van der Waals surface area contributed by atoms with E-state index in [2.05, 4.69) is 16.4 Å². The lowest BCUT2D eigenvalue weighted by atomic mass is 9.96. The summed E-state index contributed by atoms with van der Waals surface area (Å²) in [4.78, 5) is 31.6. The number of nitrogens with one attached hydrogen (secondary N) is 1. The minimum atomic E-state index is -0.552. The van der Waals surface area contributed by atoms with Crippen molar-refractivity contribution in [3.05, 3.63) is 57.9 Å². The third kappa shape index (κ3) is 6.04. The molecule has 0 fully saturated rings. The maximum Gasteiger partial charge on any atom is 0.257 e. The maximum atomic E-state index is 13.5.